The molecule has 2 rings (SSSR count). The zero-order valence-electron chi connectivity index (χ0n) is 11.8. The maximum absolute atomic E-state index is 14.2. The molecule has 0 amide bonds. The molecule has 0 saturated carbocycles. The first-order valence-electron chi connectivity index (χ1n) is 6.84. The number of ether oxygens (including phenoxy) is 2. The third-order valence-electron chi connectivity index (χ3n) is 3.67. The van der Waals surface area contributed by atoms with Gasteiger partial charge in [0.05, 0.1) is 19.8 Å². The molecule has 1 aromatic rings. The van der Waals surface area contributed by atoms with E-state index in [1.165, 1.54) is 6.07 Å². The Bertz CT molecular complexity index is 425. The maximum Gasteiger partial charge on any atom is 0.131 e. The average Bonchev–Trinajstić information content (AvgIpc) is 2.83. The molecule has 1 fully saturated rings. The highest BCUT2D eigenvalue weighted by Crippen LogP contribution is 2.33. The first kappa shape index (κ1) is 14.3. The van der Waals surface area contributed by atoms with Crippen molar-refractivity contribution in [2.75, 3.05) is 20.3 Å². The van der Waals surface area contributed by atoms with Gasteiger partial charge >= 0.3 is 0 Å². The van der Waals surface area contributed by atoms with Crippen molar-refractivity contribution in [1.82, 2.24) is 5.32 Å². The van der Waals surface area contributed by atoms with E-state index in [0.717, 1.165) is 13.0 Å². The van der Waals surface area contributed by atoms with Gasteiger partial charge in [0.15, 0.2) is 0 Å². The van der Waals surface area contributed by atoms with Gasteiger partial charge in [0.25, 0.3) is 0 Å². The fraction of sp³-hybridized carbons (Fsp3) is 0.600. The number of hydrogen-bond acceptors (Lipinski definition) is 3. The second-order valence-electron chi connectivity index (χ2n) is 5.06. The van der Waals surface area contributed by atoms with Crippen molar-refractivity contribution < 1.29 is 13.9 Å². The molecule has 0 aliphatic carbocycles. The Morgan fingerprint density at radius 2 is 2.32 bits per heavy atom. The Balaban J connectivity index is 2.23. The predicted molar refractivity (Wildman–Crippen MR) is 72.9 cm³/mol. The standard InChI is InChI=1S/C15H22FNO2/c1-4-17-15(11-7-10(2)19-9-11)13-6-5-12(18-3)8-14(13)16/h5-6,8,10-11,15,17H,4,7,9H2,1-3H3. The smallest absolute Gasteiger partial charge is 0.131 e. The van der Waals surface area contributed by atoms with Crippen LogP contribution in [0, 0.1) is 11.7 Å². The van der Waals surface area contributed by atoms with Gasteiger partial charge in [0.2, 0.25) is 0 Å². The number of rotatable bonds is 5. The molecule has 0 spiro atoms. The van der Waals surface area contributed by atoms with Crippen LogP contribution in [-0.4, -0.2) is 26.4 Å². The van der Waals surface area contributed by atoms with E-state index in [9.17, 15) is 4.39 Å². The van der Waals surface area contributed by atoms with Crippen LogP contribution >= 0.6 is 0 Å². The highest BCUT2D eigenvalue weighted by Gasteiger charge is 2.31. The zero-order valence-corrected chi connectivity index (χ0v) is 11.8. The molecule has 0 aromatic heterocycles. The van der Waals surface area contributed by atoms with Gasteiger partial charge < -0.3 is 14.8 Å². The third kappa shape index (κ3) is 3.25. The van der Waals surface area contributed by atoms with Gasteiger partial charge in [-0.25, -0.2) is 4.39 Å². The van der Waals surface area contributed by atoms with Crippen molar-refractivity contribution >= 4 is 0 Å². The first-order valence-corrected chi connectivity index (χ1v) is 6.84. The van der Waals surface area contributed by atoms with Crippen molar-refractivity contribution in [3.8, 4) is 5.75 Å². The number of hydrogen-bond donors (Lipinski definition) is 1. The lowest BCUT2D eigenvalue weighted by molar-refractivity contribution is 0.116. The Kier molecular flexibility index (Phi) is 4.77. The minimum atomic E-state index is -0.218. The van der Waals surface area contributed by atoms with Crippen LogP contribution < -0.4 is 10.1 Å². The van der Waals surface area contributed by atoms with Gasteiger partial charge in [-0.3, -0.25) is 0 Å². The molecule has 1 aliphatic heterocycles. The summed E-state index contributed by atoms with van der Waals surface area (Å²) in [6.07, 6.45) is 1.22. The molecule has 4 heteroatoms. The molecule has 1 N–H and O–H groups in total. The second kappa shape index (κ2) is 6.35. The van der Waals surface area contributed by atoms with E-state index in [1.807, 2.05) is 19.1 Å². The average molecular weight is 267 g/mol. The second-order valence-corrected chi connectivity index (χ2v) is 5.06. The Hall–Kier alpha value is -1.13. The van der Waals surface area contributed by atoms with Crippen LogP contribution in [0.3, 0.4) is 0 Å². The van der Waals surface area contributed by atoms with Crippen molar-refractivity contribution in [1.29, 1.82) is 0 Å². The van der Waals surface area contributed by atoms with E-state index in [-0.39, 0.29) is 18.0 Å². The van der Waals surface area contributed by atoms with Crippen LogP contribution in [0.5, 0.6) is 5.75 Å². The van der Waals surface area contributed by atoms with E-state index in [4.69, 9.17) is 9.47 Å². The lowest BCUT2D eigenvalue weighted by Gasteiger charge is -2.24. The normalized spacial score (nSPS) is 24.4. The van der Waals surface area contributed by atoms with Gasteiger partial charge in [-0.15, -0.1) is 0 Å². The van der Waals surface area contributed by atoms with E-state index in [1.54, 1.807) is 7.11 Å². The van der Waals surface area contributed by atoms with Gasteiger partial charge in [0, 0.05) is 23.6 Å². The quantitative estimate of drug-likeness (QED) is 0.889. The molecule has 3 atom stereocenters. The van der Waals surface area contributed by atoms with E-state index in [0.29, 0.717) is 23.8 Å². The number of halogens is 1. The monoisotopic (exact) mass is 267 g/mol. The van der Waals surface area contributed by atoms with E-state index < -0.39 is 0 Å². The maximum atomic E-state index is 14.2. The summed E-state index contributed by atoms with van der Waals surface area (Å²) in [5.41, 5.74) is 0.699. The topological polar surface area (TPSA) is 30.5 Å². The minimum Gasteiger partial charge on any atom is -0.497 e. The summed E-state index contributed by atoms with van der Waals surface area (Å²) in [5, 5.41) is 3.38. The summed E-state index contributed by atoms with van der Waals surface area (Å²) in [7, 11) is 1.54. The molecule has 1 aromatic carbocycles. The van der Waals surface area contributed by atoms with Crippen LogP contribution in [0.15, 0.2) is 18.2 Å². The number of methoxy groups -OCH3 is 1. The first-order chi connectivity index (χ1) is 9.15. The van der Waals surface area contributed by atoms with Crippen LogP contribution in [0.1, 0.15) is 31.9 Å². The van der Waals surface area contributed by atoms with Crippen LogP contribution in [-0.2, 0) is 4.74 Å². The van der Waals surface area contributed by atoms with Crippen molar-refractivity contribution in [2.45, 2.75) is 32.4 Å². The number of benzene rings is 1. The highest BCUT2D eigenvalue weighted by atomic mass is 19.1. The van der Waals surface area contributed by atoms with Gasteiger partial charge in [-0.1, -0.05) is 13.0 Å². The summed E-state index contributed by atoms with van der Waals surface area (Å²) in [5.74, 6) is 0.648. The van der Waals surface area contributed by atoms with Gasteiger partial charge in [-0.2, -0.15) is 0 Å². The fourth-order valence-electron chi connectivity index (χ4n) is 2.72. The third-order valence-corrected chi connectivity index (χ3v) is 3.67. The summed E-state index contributed by atoms with van der Waals surface area (Å²) < 4.78 is 24.9. The molecular formula is C15H22FNO2. The summed E-state index contributed by atoms with van der Waals surface area (Å²) >= 11 is 0. The Morgan fingerprint density at radius 1 is 1.53 bits per heavy atom. The summed E-state index contributed by atoms with van der Waals surface area (Å²) in [4.78, 5) is 0. The minimum absolute atomic E-state index is 0.000793. The predicted octanol–water partition coefficient (Wildman–Crippen LogP) is 2.91. The summed E-state index contributed by atoms with van der Waals surface area (Å²) in [6.45, 7) is 5.59. The SMILES string of the molecule is CCNC(c1ccc(OC)cc1F)C1COC(C)C1. The van der Waals surface area contributed by atoms with E-state index in [2.05, 4.69) is 12.2 Å². The van der Waals surface area contributed by atoms with Gasteiger partial charge in [0.1, 0.15) is 11.6 Å². The molecule has 106 valence electrons. The molecule has 19 heavy (non-hydrogen) atoms. The molecular weight excluding hydrogens is 245 g/mol. The van der Waals surface area contributed by atoms with Crippen molar-refractivity contribution in [2.24, 2.45) is 5.92 Å². The van der Waals surface area contributed by atoms with Crippen LogP contribution in [0.25, 0.3) is 0 Å². The Morgan fingerprint density at radius 3 is 2.84 bits per heavy atom. The number of nitrogens with one attached hydrogen (secondary N) is 1. The molecule has 1 saturated heterocycles. The Labute approximate surface area is 114 Å². The lowest BCUT2D eigenvalue weighted by Crippen LogP contribution is -2.29. The van der Waals surface area contributed by atoms with Crippen molar-refractivity contribution in [3.05, 3.63) is 29.6 Å². The van der Waals surface area contributed by atoms with Gasteiger partial charge in [-0.05, 0) is 26.0 Å². The molecule has 1 aliphatic rings. The fourth-order valence-corrected chi connectivity index (χ4v) is 2.72. The molecule has 1 heterocycles. The molecule has 0 radical (unpaired) electrons. The molecule has 0 bridgehead atoms. The molecule has 3 nitrogen and oxygen atoms in total. The zero-order chi connectivity index (χ0) is 13.8. The van der Waals surface area contributed by atoms with Crippen LogP contribution in [0.4, 0.5) is 4.39 Å². The van der Waals surface area contributed by atoms with Crippen LogP contribution in [0.2, 0.25) is 0 Å². The molecule has 3 unspecified atom stereocenters. The van der Waals surface area contributed by atoms with Crippen molar-refractivity contribution in [3.63, 3.8) is 0 Å². The van der Waals surface area contributed by atoms with E-state index >= 15 is 0 Å². The lowest BCUT2D eigenvalue weighted by atomic mass is 9.90. The summed E-state index contributed by atoms with van der Waals surface area (Å²) in [6, 6.07) is 5.06. The highest BCUT2D eigenvalue weighted by molar-refractivity contribution is 5.31. The largest absolute Gasteiger partial charge is 0.497 e.